The van der Waals surface area contributed by atoms with Gasteiger partial charge in [0.2, 0.25) is 0 Å². The second-order valence-electron chi connectivity index (χ2n) is 7.23. The van der Waals surface area contributed by atoms with E-state index in [-0.39, 0.29) is 11.9 Å². The minimum Gasteiger partial charge on any atom is -0.457 e. The van der Waals surface area contributed by atoms with Gasteiger partial charge in [-0.05, 0) is 36.4 Å². The van der Waals surface area contributed by atoms with Crippen LogP contribution in [0.2, 0.25) is 0 Å². The number of morpholine rings is 1. The van der Waals surface area contributed by atoms with Gasteiger partial charge in [0.1, 0.15) is 11.5 Å². The summed E-state index contributed by atoms with van der Waals surface area (Å²) in [5.41, 5.74) is 3.68. The molecule has 2 heterocycles. The van der Waals surface area contributed by atoms with Gasteiger partial charge < -0.3 is 19.7 Å². The van der Waals surface area contributed by atoms with Gasteiger partial charge in [-0.3, -0.25) is 4.79 Å². The summed E-state index contributed by atoms with van der Waals surface area (Å²) in [5.74, 6) is 1.45. The topological polar surface area (TPSA) is 50.8 Å². The maximum absolute atomic E-state index is 13.0. The number of nitrogens with one attached hydrogen (secondary N) is 1. The van der Waals surface area contributed by atoms with Gasteiger partial charge >= 0.3 is 0 Å². The van der Waals surface area contributed by atoms with Crippen LogP contribution in [0.3, 0.4) is 0 Å². The molecule has 0 radical (unpaired) electrons. The minimum atomic E-state index is -0.248. The number of fused-ring (bicyclic) bond motifs is 2. The van der Waals surface area contributed by atoms with Crippen molar-refractivity contribution >= 4 is 11.6 Å². The zero-order valence-corrected chi connectivity index (χ0v) is 16.0. The average Bonchev–Trinajstić information content (AvgIpc) is 2.79. The lowest BCUT2D eigenvalue weighted by molar-refractivity contribution is 0.0941. The number of nitrogens with zero attached hydrogens (tertiary/aromatic N) is 1. The lowest BCUT2D eigenvalue weighted by Crippen LogP contribution is -2.36. The molecule has 1 saturated heterocycles. The van der Waals surface area contributed by atoms with Crippen LogP contribution in [0.4, 0.5) is 5.69 Å². The molecule has 5 heteroatoms. The number of carbonyl (C=O) groups is 1. The average molecular weight is 386 g/mol. The first-order chi connectivity index (χ1) is 14.3. The Morgan fingerprint density at radius 1 is 0.828 bits per heavy atom. The van der Waals surface area contributed by atoms with E-state index in [1.54, 1.807) is 0 Å². The third-order valence-corrected chi connectivity index (χ3v) is 5.46. The van der Waals surface area contributed by atoms with Gasteiger partial charge in [-0.2, -0.15) is 0 Å². The van der Waals surface area contributed by atoms with Crippen LogP contribution >= 0.6 is 0 Å². The van der Waals surface area contributed by atoms with Crippen LogP contribution in [0, 0.1) is 0 Å². The molecular weight excluding hydrogens is 364 g/mol. The lowest BCUT2D eigenvalue weighted by atomic mass is 9.94. The second kappa shape index (κ2) is 7.60. The number of anilines is 1. The molecule has 0 aliphatic carbocycles. The fraction of sp³-hybridized carbons (Fsp3) is 0.208. The largest absolute Gasteiger partial charge is 0.457 e. The van der Waals surface area contributed by atoms with Crippen molar-refractivity contribution in [2.45, 2.75) is 6.04 Å². The van der Waals surface area contributed by atoms with Crippen molar-refractivity contribution in [1.82, 2.24) is 5.32 Å². The van der Waals surface area contributed by atoms with E-state index >= 15 is 0 Å². The van der Waals surface area contributed by atoms with E-state index in [9.17, 15) is 4.79 Å². The number of hydrogen-bond acceptors (Lipinski definition) is 4. The summed E-state index contributed by atoms with van der Waals surface area (Å²) < 4.78 is 11.4. The standard InChI is InChI=1S/C24H22N2O3/c27-24(17-9-11-18(12-10-17)26-13-15-28-16-14-26)25-23-19-5-1-3-7-21(19)29-22-8-4-2-6-20(22)23/h1-12,23H,13-16H2,(H,25,27). The van der Waals surface area contributed by atoms with Gasteiger partial charge in [-0.15, -0.1) is 0 Å². The zero-order chi connectivity index (χ0) is 19.6. The number of benzene rings is 3. The van der Waals surface area contributed by atoms with Crippen molar-refractivity contribution < 1.29 is 14.3 Å². The lowest BCUT2D eigenvalue weighted by Gasteiger charge is -2.29. The summed E-state index contributed by atoms with van der Waals surface area (Å²) in [6.45, 7) is 3.23. The first kappa shape index (κ1) is 17.8. The van der Waals surface area contributed by atoms with Gasteiger partial charge in [-0.25, -0.2) is 0 Å². The molecule has 0 aromatic heterocycles. The van der Waals surface area contributed by atoms with Crippen molar-refractivity contribution in [1.29, 1.82) is 0 Å². The fourth-order valence-electron chi connectivity index (χ4n) is 3.93. The number of hydrogen-bond donors (Lipinski definition) is 1. The molecule has 5 rings (SSSR count). The molecular formula is C24H22N2O3. The quantitative estimate of drug-likeness (QED) is 0.735. The Labute approximate surface area is 169 Å². The molecule has 0 atom stereocenters. The monoisotopic (exact) mass is 386 g/mol. The Morgan fingerprint density at radius 3 is 2.03 bits per heavy atom. The van der Waals surface area contributed by atoms with E-state index in [0.29, 0.717) is 5.56 Å². The van der Waals surface area contributed by atoms with Crippen LogP contribution in [0.1, 0.15) is 27.5 Å². The van der Waals surface area contributed by atoms with E-state index in [2.05, 4.69) is 10.2 Å². The first-order valence-electron chi connectivity index (χ1n) is 9.89. The molecule has 29 heavy (non-hydrogen) atoms. The second-order valence-corrected chi connectivity index (χ2v) is 7.23. The number of ether oxygens (including phenoxy) is 2. The highest BCUT2D eigenvalue weighted by Gasteiger charge is 2.28. The summed E-state index contributed by atoms with van der Waals surface area (Å²) in [5, 5.41) is 3.19. The van der Waals surface area contributed by atoms with Crippen molar-refractivity contribution in [2.75, 3.05) is 31.2 Å². The number of rotatable bonds is 3. The third kappa shape index (κ3) is 3.45. The molecule has 0 unspecified atom stereocenters. The van der Waals surface area contributed by atoms with E-state index in [0.717, 1.165) is 54.6 Å². The van der Waals surface area contributed by atoms with Crippen LogP contribution in [-0.2, 0) is 4.74 Å². The smallest absolute Gasteiger partial charge is 0.252 e. The summed E-state index contributed by atoms with van der Waals surface area (Å²) in [6, 6.07) is 23.2. The van der Waals surface area contributed by atoms with Gasteiger partial charge in [0.05, 0.1) is 19.3 Å². The summed E-state index contributed by atoms with van der Waals surface area (Å²) in [6.07, 6.45) is 0. The molecule has 3 aromatic carbocycles. The van der Waals surface area contributed by atoms with E-state index < -0.39 is 0 Å². The van der Waals surface area contributed by atoms with Crippen LogP contribution in [0.25, 0.3) is 0 Å². The van der Waals surface area contributed by atoms with Crippen LogP contribution < -0.4 is 15.0 Å². The summed E-state index contributed by atoms with van der Waals surface area (Å²) in [4.78, 5) is 15.3. The minimum absolute atomic E-state index is 0.102. The van der Waals surface area contributed by atoms with Crippen LogP contribution in [-0.4, -0.2) is 32.2 Å². The Morgan fingerprint density at radius 2 is 1.41 bits per heavy atom. The Hall–Kier alpha value is -3.31. The molecule has 1 N–H and O–H groups in total. The molecule has 2 aliphatic rings. The first-order valence-corrected chi connectivity index (χ1v) is 9.89. The Balaban J connectivity index is 1.39. The predicted molar refractivity (Wildman–Crippen MR) is 112 cm³/mol. The molecule has 0 saturated carbocycles. The molecule has 146 valence electrons. The van der Waals surface area contributed by atoms with Crippen molar-refractivity contribution in [3.8, 4) is 11.5 Å². The van der Waals surface area contributed by atoms with Crippen LogP contribution in [0.15, 0.2) is 72.8 Å². The van der Waals surface area contributed by atoms with Crippen molar-refractivity contribution in [2.24, 2.45) is 0 Å². The molecule has 5 nitrogen and oxygen atoms in total. The van der Waals surface area contributed by atoms with Crippen LogP contribution in [0.5, 0.6) is 11.5 Å². The normalized spacial score (nSPS) is 15.8. The van der Waals surface area contributed by atoms with Crippen molar-refractivity contribution in [3.63, 3.8) is 0 Å². The van der Waals surface area contributed by atoms with E-state index in [1.807, 2.05) is 72.8 Å². The van der Waals surface area contributed by atoms with Crippen molar-refractivity contribution in [3.05, 3.63) is 89.5 Å². The highest BCUT2D eigenvalue weighted by atomic mass is 16.5. The summed E-state index contributed by atoms with van der Waals surface area (Å²) in [7, 11) is 0. The van der Waals surface area contributed by atoms with E-state index in [1.165, 1.54) is 0 Å². The van der Waals surface area contributed by atoms with Gasteiger partial charge in [0.25, 0.3) is 5.91 Å². The third-order valence-electron chi connectivity index (χ3n) is 5.46. The number of carbonyl (C=O) groups excluding carboxylic acids is 1. The van der Waals surface area contributed by atoms with Gasteiger partial charge in [0, 0.05) is 35.5 Å². The number of amides is 1. The van der Waals surface area contributed by atoms with E-state index in [4.69, 9.17) is 9.47 Å². The molecule has 0 spiro atoms. The molecule has 0 bridgehead atoms. The SMILES string of the molecule is O=C(NC1c2ccccc2Oc2ccccc21)c1ccc(N2CCOCC2)cc1. The highest BCUT2D eigenvalue weighted by Crippen LogP contribution is 2.42. The molecule has 2 aliphatic heterocycles. The molecule has 1 fully saturated rings. The molecule has 1 amide bonds. The maximum atomic E-state index is 13.0. The molecule has 3 aromatic rings. The summed E-state index contributed by atoms with van der Waals surface area (Å²) >= 11 is 0. The number of para-hydroxylation sites is 2. The Bertz CT molecular complexity index is 981. The predicted octanol–water partition coefficient (Wildman–Crippen LogP) is 4.15. The van der Waals surface area contributed by atoms with Gasteiger partial charge in [0.15, 0.2) is 0 Å². The highest BCUT2D eigenvalue weighted by molar-refractivity contribution is 5.95. The maximum Gasteiger partial charge on any atom is 0.252 e. The Kier molecular flexibility index (Phi) is 4.66. The fourth-order valence-corrected chi connectivity index (χ4v) is 3.93. The van der Waals surface area contributed by atoms with Gasteiger partial charge in [-0.1, -0.05) is 36.4 Å². The zero-order valence-electron chi connectivity index (χ0n) is 16.0.